The summed E-state index contributed by atoms with van der Waals surface area (Å²) in [5, 5.41) is 10.3. The number of nitrogens with one attached hydrogen (secondary N) is 1. The number of aliphatic hydroxyl groups is 1. The van der Waals surface area contributed by atoms with Gasteiger partial charge in [0.25, 0.3) is 0 Å². The minimum Gasteiger partial charge on any atom is -0.377 e. The third-order valence-electron chi connectivity index (χ3n) is 2.30. The van der Waals surface area contributed by atoms with Crippen LogP contribution >= 0.6 is 0 Å². The Hall–Kier alpha value is -1.61. The van der Waals surface area contributed by atoms with Crippen LogP contribution in [0.3, 0.4) is 0 Å². The molecule has 0 spiro atoms. The maximum absolute atomic E-state index is 10.3. The van der Waals surface area contributed by atoms with Crippen LogP contribution in [0.15, 0.2) is 42.7 Å². The highest BCUT2D eigenvalue weighted by atomic mass is 16.3. The minimum atomic E-state index is -1.05. The van der Waals surface area contributed by atoms with E-state index >= 15 is 0 Å². The van der Waals surface area contributed by atoms with Crippen LogP contribution in [-0.4, -0.2) is 15.1 Å². The number of benzene rings is 1. The average Bonchev–Trinajstić information content (AvgIpc) is 2.72. The van der Waals surface area contributed by atoms with Crippen molar-refractivity contribution >= 4 is 0 Å². The number of hydrogen-bond acceptors (Lipinski definition) is 2. The predicted octanol–water partition coefficient (Wildman–Crippen LogP) is 1.67. The molecule has 0 saturated carbocycles. The zero-order valence-electron chi connectivity index (χ0n) is 7.94. The van der Waals surface area contributed by atoms with Gasteiger partial charge in [0.05, 0.1) is 0 Å². The van der Waals surface area contributed by atoms with Crippen LogP contribution in [0.25, 0.3) is 0 Å². The first-order valence-corrected chi connectivity index (χ1v) is 4.49. The zero-order chi connectivity index (χ0) is 10.0. The van der Waals surface area contributed by atoms with Crippen molar-refractivity contribution in [3.05, 3.63) is 54.1 Å². The summed E-state index contributed by atoms with van der Waals surface area (Å²) in [7, 11) is 0. The van der Waals surface area contributed by atoms with E-state index in [2.05, 4.69) is 9.97 Å². The fraction of sp³-hybridized carbons (Fsp3) is 0.182. The summed E-state index contributed by atoms with van der Waals surface area (Å²) in [5.74, 6) is 0.559. The molecule has 0 aliphatic heterocycles. The molecule has 0 bridgehead atoms. The van der Waals surface area contributed by atoms with Crippen molar-refractivity contribution in [2.75, 3.05) is 0 Å². The van der Waals surface area contributed by atoms with Gasteiger partial charge in [0.1, 0.15) is 11.4 Å². The first-order chi connectivity index (χ1) is 6.71. The SMILES string of the molecule is CC(O)(c1ccccc1)c1ncc[nH]1. The number of aromatic amines is 1. The van der Waals surface area contributed by atoms with E-state index in [9.17, 15) is 5.11 Å². The summed E-state index contributed by atoms with van der Waals surface area (Å²) in [6.45, 7) is 1.72. The maximum atomic E-state index is 10.3. The van der Waals surface area contributed by atoms with Gasteiger partial charge in [-0.15, -0.1) is 0 Å². The predicted molar refractivity (Wildman–Crippen MR) is 53.7 cm³/mol. The van der Waals surface area contributed by atoms with Gasteiger partial charge in [-0.25, -0.2) is 4.98 Å². The largest absolute Gasteiger partial charge is 0.377 e. The molecular formula is C11H12N2O. The fourth-order valence-electron chi connectivity index (χ4n) is 1.43. The molecule has 0 aliphatic rings. The van der Waals surface area contributed by atoms with Crippen molar-refractivity contribution in [3.8, 4) is 0 Å². The van der Waals surface area contributed by atoms with Gasteiger partial charge in [-0.3, -0.25) is 0 Å². The van der Waals surface area contributed by atoms with E-state index in [4.69, 9.17) is 0 Å². The Morgan fingerprint density at radius 2 is 2.00 bits per heavy atom. The molecule has 1 atom stereocenters. The average molecular weight is 188 g/mol. The van der Waals surface area contributed by atoms with Gasteiger partial charge < -0.3 is 10.1 Å². The second-order valence-electron chi connectivity index (χ2n) is 3.38. The molecule has 0 aliphatic carbocycles. The van der Waals surface area contributed by atoms with Crippen molar-refractivity contribution in [1.29, 1.82) is 0 Å². The summed E-state index contributed by atoms with van der Waals surface area (Å²) < 4.78 is 0. The Morgan fingerprint density at radius 1 is 1.29 bits per heavy atom. The maximum Gasteiger partial charge on any atom is 0.144 e. The van der Waals surface area contributed by atoms with Crippen molar-refractivity contribution in [2.24, 2.45) is 0 Å². The highest BCUT2D eigenvalue weighted by Crippen LogP contribution is 2.25. The molecule has 3 heteroatoms. The quantitative estimate of drug-likeness (QED) is 0.753. The first kappa shape index (κ1) is 8.97. The van der Waals surface area contributed by atoms with E-state index in [1.165, 1.54) is 0 Å². The Bertz CT molecular complexity index is 392. The summed E-state index contributed by atoms with van der Waals surface area (Å²) in [6.07, 6.45) is 3.33. The van der Waals surface area contributed by atoms with Gasteiger partial charge in [-0.05, 0) is 12.5 Å². The Balaban J connectivity index is 2.43. The Morgan fingerprint density at radius 3 is 2.57 bits per heavy atom. The van der Waals surface area contributed by atoms with Crippen molar-refractivity contribution in [2.45, 2.75) is 12.5 Å². The van der Waals surface area contributed by atoms with Crippen LogP contribution in [0, 0.1) is 0 Å². The molecule has 1 heterocycles. The van der Waals surface area contributed by atoms with E-state index in [1.807, 2.05) is 30.3 Å². The summed E-state index contributed by atoms with van der Waals surface area (Å²) in [4.78, 5) is 6.97. The number of imidazole rings is 1. The standard InChI is InChI=1S/C11H12N2O/c1-11(14,10-12-7-8-13-10)9-5-3-2-4-6-9/h2-8,14H,1H3,(H,12,13). The molecule has 3 nitrogen and oxygen atoms in total. The Labute approximate surface area is 82.4 Å². The third kappa shape index (κ3) is 1.42. The van der Waals surface area contributed by atoms with Crippen LogP contribution < -0.4 is 0 Å². The molecule has 2 rings (SSSR count). The molecule has 1 unspecified atom stereocenters. The lowest BCUT2D eigenvalue weighted by Crippen LogP contribution is -2.24. The van der Waals surface area contributed by atoms with Crippen LogP contribution in [0.5, 0.6) is 0 Å². The van der Waals surface area contributed by atoms with E-state index in [0.29, 0.717) is 5.82 Å². The number of nitrogens with zero attached hydrogens (tertiary/aromatic N) is 1. The first-order valence-electron chi connectivity index (χ1n) is 4.49. The zero-order valence-corrected chi connectivity index (χ0v) is 7.94. The highest BCUT2D eigenvalue weighted by Gasteiger charge is 2.27. The fourth-order valence-corrected chi connectivity index (χ4v) is 1.43. The van der Waals surface area contributed by atoms with Gasteiger partial charge >= 0.3 is 0 Å². The molecule has 2 N–H and O–H groups in total. The van der Waals surface area contributed by atoms with Crippen molar-refractivity contribution in [1.82, 2.24) is 9.97 Å². The second kappa shape index (κ2) is 3.27. The van der Waals surface area contributed by atoms with Gasteiger partial charge in [0.2, 0.25) is 0 Å². The van der Waals surface area contributed by atoms with E-state index in [-0.39, 0.29) is 0 Å². The van der Waals surface area contributed by atoms with Gasteiger partial charge in [-0.1, -0.05) is 30.3 Å². The monoisotopic (exact) mass is 188 g/mol. The minimum absolute atomic E-state index is 0.559. The third-order valence-corrected chi connectivity index (χ3v) is 2.30. The lowest BCUT2D eigenvalue weighted by atomic mass is 9.95. The van der Waals surface area contributed by atoms with Crippen molar-refractivity contribution < 1.29 is 5.11 Å². The molecule has 72 valence electrons. The Kier molecular flexibility index (Phi) is 2.09. The molecule has 1 aromatic carbocycles. The van der Waals surface area contributed by atoms with E-state index in [1.54, 1.807) is 19.3 Å². The summed E-state index contributed by atoms with van der Waals surface area (Å²) in [6, 6.07) is 9.46. The normalized spacial score (nSPS) is 15.0. The number of hydrogen-bond donors (Lipinski definition) is 2. The van der Waals surface area contributed by atoms with Crippen molar-refractivity contribution in [3.63, 3.8) is 0 Å². The number of aromatic nitrogens is 2. The molecule has 0 saturated heterocycles. The van der Waals surface area contributed by atoms with E-state index < -0.39 is 5.60 Å². The van der Waals surface area contributed by atoms with Crippen LogP contribution in [0.4, 0.5) is 0 Å². The molecule has 2 aromatic rings. The second-order valence-corrected chi connectivity index (χ2v) is 3.38. The lowest BCUT2D eigenvalue weighted by Gasteiger charge is -2.20. The number of rotatable bonds is 2. The van der Waals surface area contributed by atoms with Crippen LogP contribution in [0.1, 0.15) is 18.3 Å². The summed E-state index contributed by atoms with van der Waals surface area (Å²) >= 11 is 0. The topological polar surface area (TPSA) is 48.9 Å². The van der Waals surface area contributed by atoms with Gasteiger partial charge in [0, 0.05) is 12.4 Å². The molecule has 0 fully saturated rings. The number of H-pyrrole nitrogens is 1. The van der Waals surface area contributed by atoms with Crippen LogP contribution in [0.2, 0.25) is 0 Å². The molecule has 14 heavy (non-hydrogen) atoms. The summed E-state index contributed by atoms with van der Waals surface area (Å²) in [5.41, 5.74) is -0.222. The molecule has 0 radical (unpaired) electrons. The van der Waals surface area contributed by atoms with E-state index in [0.717, 1.165) is 5.56 Å². The highest BCUT2D eigenvalue weighted by molar-refractivity contribution is 5.27. The molecule has 1 aromatic heterocycles. The molecular weight excluding hydrogens is 176 g/mol. The lowest BCUT2D eigenvalue weighted by molar-refractivity contribution is 0.0932. The molecule has 0 amide bonds. The van der Waals surface area contributed by atoms with Gasteiger partial charge in [0.15, 0.2) is 0 Å². The van der Waals surface area contributed by atoms with Crippen LogP contribution in [-0.2, 0) is 5.60 Å². The van der Waals surface area contributed by atoms with Gasteiger partial charge in [-0.2, -0.15) is 0 Å². The smallest absolute Gasteiger partial charge is 0.144 e.